The second-order valence-electron chi connectivity index (χ2n) is 7.20. The van der Waals surface area contributed by atoms with Gasteiger partial charge in [0.1, 0.15) is 0 Å². The Hall–Kier alpha value is 0. The fraction of sp³-hybridized carbons (Fsp3) is 1.00. The Morgan fingerprint density at radius 3 is 1.53 bits per heavy atom. The Balaban J connectivity index is 1.75. The van der Waals surface area contributed by atoms with Gasteiger partial charge in [-0.3, -0.25) is 0 Å². The zero-order chi connectivity index (χ0) is 10.3. The van der Waals surface area contributed by atoms with Gasteiger partial charge in [0, 0.05) is 0 Å². The van der Waals surface area contributed by atoms with Crippen LogP contribution in [-0.4, -0.2) is 0 Å². The molecular formula is C15H24. The van der Waals surface area contributed by atoms with Crippen LogP contribution in [0.5, 0.6) is 0 Å². The van der Waals surface area contributed by atoms with E-state index >= 15 is 0 Å². The molecule has 0 radical (unpaired) electrons. The van der Waals surface area contributed by atoms with Gasteiger partial charge in [0.05, 0.1) is 0 Å². The van der Waals surface area contributed by atoms with Crippen LogP contribution >= 0.6 is 0 Å². The minimum Gasteiger partial charge on any atom is -0.0620 e. The molecule has 0 aromatic heterocycles. The molecule has 0 N–H and O–H groups in total. The normalized spacial score (nSPS) is 70.2. The quantitative estimate of drug-likeness (QED) is 0.526. The smallest absolute Gasteiger partial charge is 0.0318 e. The van der Waals surface area contributed by atoms with E-state index in [2.05, 4.69) is 20.8 Å². The molecule has 4 aliphatic carbocycles. The molecule has 0 heterocycles. The lowest BCUT2D eigenvalue weighted by atomic mass is 9.64. The van der Waals surface area contributed by atoms with Crippen LogP contribution in [0.25, 0.3) is 0 Å². The second kappa shape index (κ2) is 2.63. The maximum Gasteiger partial charge on any atom is -0.0318 e. The highest BCUT2D eigenvalue weighted by molar-refractivity contribution is 5.13. The lowest BCUT2D eigenvalue weighted by Gasteiger charge is -2.41. The first-order chi connectivity index (χ1) is 7.20. The van der Waals surface area contributed by atoms with Gasteiger partial charge in [0.15, 0.2) is 0 Å². The maximum atomic E-state index is 2.56. The lowest BCUT2D eigenvalue weighted by Crippen LogP contribution is -2.35. The molecule has 4 saturated carbocycles. The van der Waals surface area contributed by atoms with Crippen molar-refractivity contribution in [2.45, 2.75) is 40.0 Å². The number of rotatable bonds is 0. The van der Waals surface area contributed by atoms with E-state index in [4.69, 9.17) is 0 Å². The Labute approximate surface area is 93.8 Å². The molecule has 0 saturated heterocycles. The van der Waals surface area contributed by atoms with Crippen molar-refractivity contribution in [3.8, 4) is 0 Å². The van der Waals surface area contributed by atoms with Gasteiger partial charge in [0.25, 0.3) is 0 Å². The fourth-order valence-electron chi connectivity index (χ4n) is 6.63. The Morgan fingerprint density at radius 2 is 1.07 bits per heavy atom. The average Bonchev–Trinajstić information content (AvgIpc) is 2.90. The predicted molar refractivity (Wildman–Crippen MR) is 62.3 cm³/mol. The van der Waals surface area contributed by atoms with Crippen molar-refractivity contribution in [1.29, 1.82) is 0 Å². The molecule has 0 aromatic rings. The molecule has 84 valence electrons. The van der Waals surface area contributed by atoms with Crippen LogP contribution in [0.1, 0.15) is 40.0 Å². The Bertz CT molecular complexity index is 266. The van der Waals surface area contributed by atoms with Gasteiger partial charge in [-0.05, 0) is 72.5 Å². The van der Waals surface area contributed by atoms with Crippen LogP contribution in [0.15, 0.2) is 0 Å². The monoisotopic (exact) mass is 204 g/mol. The summed E-state index contributed by atoms with van der Waals surface area (Å²) in [5.74, 6) is 10.1. The van der Waals surface area contributed by atoms with E-state index in [0.717, 1.165) is 41.4 Å². The van der Waals surface area contributed by atoms with Gasteiger partial charge in [-0.2, -0.15) is 0 Å². The van der Waals surface area contributed by atoms with Gasteiger partial charge in [-0.25, -0.2) is 0 Å². The van der Waals surface area contributed by atoms with Crippen molar-refractivity contribution in [1.82, 2.24) is 0 Å². The molecule has 8 unspecified atom stereocenters. The van der Waals surface area contributed by atoms with Gasteiger partial charge < -0.3 is 0 Å². The van der Waals surface area contributed by atoms with E-state index in [1.54, 1.807) is 19.3 Å². The van der Waals surface area contributed by atoms with Crippen LogP contribution in [0.4, 0.5) is 0 Å². The zero-order valence-corrected chi connectivity index (χ0v) is 10.3. The van der Waals surface area contributed by atoms with E-state index in [-0.39, 0.29) is 0 Å². The van der Waals surface area contributed by atoms with Crippen molar-refractivity contribution in [2.75, 3.05) is 0 Å². The third-order valence-electron chi connectivity index (χ3n) is 7.33. The first-order valence-corrected chi connectivity index (χ1v) is 7.20. The van der Waals surface area contributed by atoms with Gasteiger partial charge in [0.2, 0.25) is 0 Å². The van der Waals surface area contributed by atoms with Crippen LogP contribution < -0.4 is 0 Å². The fourth-order valence-corrected chi connectivity index (χ4v) is 6.63. The van der Waals surface area contributed by atoms with E-state index in [1.165, 1.54) is 11.8 Å². The van der Waals surface area contributed by atoms with Crippen LogP contribution in [0, 0.1) is 53.3 Å². The minimum atomic E-state index is 1.04. The van der Waals surface area contributed by atoms with E-state index in [0.29, 0.717) is 0 Å². The molecule has 4 bridgehead atoms. The summed E-state index contributed by atoms with van der Waals surface area (Å²) in [5.41, 5.74) is 0. The number of hydrogen-bond donors (Lipinski definition) is 0. The molecule has 4 aliphatic rings. The molecule has 0 aromatic carbocycles. The Morgan fingerprint density at radius 1 is 0.600 bits per heavy atom. The first kappa shape index (κ1) is 9.07. The lowest BCUT2D eigenvalue weighted by molar-refractivity contribution is 0.0716. The van der Waals surface area contributed by atoms with Crippen molar-refractivity contribution in [3.05, 3.63) is 0 Å². The standard InChI is InChI=1S/C15H24/c1-7-8(2)13-6-12(7)14-10-4-5-11(9(10)3)15(13)14/h7-15H,4-6H2,1-3H3. The van der Waals surface area contributed by atoms with Crippen molar-refractivity contribution in [2.24, 2.45) is 53.3 Å². The van der Waals surface area contributed by atoms with Gasteiger partial charge in [-0.1, -0.05) is 20.8 Å². The third kappa shape index (κ3) is 0.840. The molecule has 0 heteroatoms. The maximum absolute atomic E-state index is 2.56. The van der Waals surface area contributed by atoms with Gasteiger partial charge >= 0.3 is 0 Å². The van der Waals surface area contributed by atoms with Crippen molar-refractivity contribution in [3.63, 3.8) is 0 Å². The van der Waals surface area contributed by atoms with Crippen LogP contribution in [0.3, 0.4) is 0 Å². The van der Waals surface area contributed by atoms with E-state index in [9.17, 15) is 0 Å². The average molecular weight is 204 g/mol. The highest BCUT2D eigenvalue weighted by atomic mass is 14.7. The predicted octanol–water partition coefficient (Wildman–Crippen LogP) is 3.82. The van der Waals surface area contributed by atoms with Crippen LogP contribution in [-0.2, 0) is 0 Å². The number of hydrogen-bond acceptors (Lipinski definition) is 0. The summed E-state index contributed by atoms with van der Waals surface area (Å²) in [7, 11) is 0. The largest absolute Gasteiger partial charge is 0.0620 e. The van der Waals surface area contributed by atoms with Crippen molar-refractivity contribution < 1.29 is 0 Å². The highest BCUT2D eigenvalue weighted by Crippen LogP contribution is 2.71. The van der Waals surface area contributed by atoms with E-state index in [1.807, 2.05) is 0 Å². The molecule has 0 amide bonds. The van der Waals surface area contributed by atoms with Crippen LogP contribution in [0.2, 0.25) is 0 Å². The first-order valence-electron chi connectivity index (χ1n) is 7.20. The van der Waals surface area contributed by atoms with Gasteiger partial charge in [-0.15, -0.1) is 0 Å². The minimum absolute atomic E-state index is 1.04. The topological polar surface area (TPSA) is 0 Å². The third-order valence-corrected chi connectivity index (χ3v) is 7.33. The molecular weight excluding hydrogens is 180 g/mol. The summed E-state index contributed by atoms with van der Waals surface area (Å²) in [4.78, 5) is 0. The molecule has 15 heavy (non-hydrogen) atoms. The zero-order valence-electron chi connectivity index (χ0n) is 10.3. The second-order valence-corrected chi connectivity index (χ2v) is 7.20. The molecule has 0 aliphatic heterocycles. The van der Waals surface area contributed by atoms with E-state index < -0.39 is 0 Å². The summed E-state index contributed by atoms with van der Waals surface area (Å²) in [5, 5.41) is 0. The summed E-state index contributed by atoms with van der Waals surface area (Å²) in [6.07, 6.45) is 4.77. The summed E-state index contributed by atoms with van der Waals surface area (Å²) in [6, 6.07) is 0. The molecule has 0 spiro atoms. The highest BCUT2D eigenvalue weighted by Gasteiger charge is 2.65. The van der Waals surface area contributed by atoms with Crippen molar-refractivity contribution >= 4 is 0 Å². The molecule has 4 rings (SSSR count). The molecule has 8 atom stereocenters. The summed E-state index contributed by atoms with van der Waals surface area (Å²) < 4.78 is 0. The SMILES string of the molecule is CC1C(C)C2CC1C1C3CCC(C3C)C21. The number of fused-ring (bicyclic) bond motifs is 9. The summed E-state index contributed by atoms with van der Waals surface area (Å²) in [6.45, 7) is 7.65. The molecule has 0 nitrogen and oxygen atoms in total. The summed E-state index contributed by atoms with van der Waals surface area (Å²) >= 11 is 0. The molecule has 4 fully saturated rings. The Kier molecular flexibility index (Phi) is 1.59.